The zero-order chi connectivity index (χ0) is 16.2. The van der Waals surface area contributed by atoms with Crippen molar-refractivity contribution in [3.05, 3.63) is 0 Å². The van der Waals surface area contributed by atoms with Crippen LogP contribution in [0.15, 0.2) is 0 Å². The van der Waals surface area contributed by atoms with Gasteiger partial charge in [-0.2, -0.15) is 0 Å². The highest BCUT2D eigenvalue weighted by molar-refractivity contribution is 5.65. The number of hydrogen-bond acceptors (Lipinski definition) is 4. The summed E-state index contributed by atoms with van der Waals surface area (Å²) in [6.07, 6.45) is 4.23. The van der Waals surface area contributed by atoms with Gasteiger partial charge in [0.25, 0.3) is 0 Å². The standard InChI is InChI=1S/C10H20O3.C6H14O/c1-7(2)9(12)10(4,5)6-13-8(3)11;1-2-3-4-5-6-7/h7,9,12H,6H2,1-5H3;7H,2-6H2,1H3. The highest BCUT2D eigenvalue weighted by Crippen LogP contribution is 2.26. The van der Waals surface area contributed by atoms with Crippen LogP contribution in [0.2, 0.25) is 0 Å². The Kier molecular flexibility index (Phi) is 13.2. The topological polar surface area (TPSA) is 66.8 Å². The molecule has 1 atom stereocenters. The highest BCUT2D eigenvalue weighted by Gasteiger charge is 2.31. The van der Waals surface area contributed by atoms with Crippen LogP contribution in [-0.2, 0) is 9.53 Å². The van der Waals surface area contributed by atoms with Gasteiger partial charge in [0.05, 0.1) is 12.7 Å². The molecule has 0 spiro atoms. The molecule has 122 valence electrons. The van der Waals surface area contributed by atoms with E-state index in [1.165, 1.54) is 26.2 Å². The minimum atomic E-state index is -0.452. The highest BCUT2D eigenvalue weighted by atomic mass is 16.5. The number of carbonyl (C=O) groups excluding carboxylic acids is 1. The van der Waals surface area contributed by atoms with Gasteiger partial charge >= 0.3 is 5.97 Å². The predicted octanol–water partition coefficient (Wildman–Crippen LogP) is 3.15. The summed E-state index contributed by atoms with van der Waals surface area (Å²) in [6.45, 7) is 11.8. The van der Waals surface area contributed by atoms with Gasteiger partial charge in [-0.3, -0.25) is 4.79 Å². The maximum atomic E-state index is 10.6. The Morgan fingerprint density at radius 2 is 1.75 bits per heavy atom. The molecule has 0 saturated heterocycles. The summed E-state index contributed by atoms with van der Waals surface area (Å²) >= 11 is 0. The minimum Gasteiger partial charge on any atom is -0.465 e. The van der Waals surface area contributed by atoms with Crippen molar-refractivity contribution < 1.29 is 19.7 Å². The second kappa shape index (κ2) is 12.2. The van der Waals surface area contributed by atoms with Gasteiger partial charge in [-0.05, 0) is 12.3 Å². The number of aliphatic hydroxyl groups excluding tert-OH is 2. The predicted molar refractivity (Wildman–Crippen MR) is 82.5 cm³/mol. The molecule has 0 radical (unpaired) electrons. The van der Waals surface area contributed by atoms with Crippen LogP contribution >= 0.6 is 0 Å². The van der Waals surface area contributed by atoms with E-state index in [1.54, 1.807) is 0 Å². The molecule has 1 unspecified atom stereocenters. The molecule has 0 fully saturated rings. The van der Waals surface area contributed by atoms with Gasteiger partial charge in [0.2, 0.25) is 0 Å². The van der Waals surface area contributed by atoms with E-state index in [9.17, 15) is 9.90 Å². The Morgan fingerprint density at radius 3 is 2.10 bits per heavy atom. The number of ether oxygens (including phenoxy) is 1. The molecule has 0 aliphatic heterocycles. The number of hydrogen-bond donors (Lipinski definition) is 2. The van der Waals surface area contributed by atoms with Crippen LogP contribution in [-0.4, -0.2) is 35.5 Å². The van der Waals surface area contributed by atoms with E-state index in [2.05, 4.69) is 6.92 Å². The van der Waals surface area contributed by atoms with Crippen molar-refractivity contribution in [1.29, 1.82) is 0 Å². The van der Waals surface area contributed by atoms with Crippen molar-refractivity contribution in [1.82, 2.24) is 0 Å². The van der Waals surface area contributed by atoms with E-state index in [0.29, 0.717) is 6.61 Å². The molecule has 0 aliphatic carbocycles. The van der Waals surface area contributed by atoms with Gasteiger partial charge in [-0.1, -0.05) is 53.9 Å². The normalized spacial score (nSPS) is 12.7. The molecule has 0 rings (SSSR count). The van der Waals surface area contributed by atoms with Gasteiger partial charge < -0.3 is 14.9 Å². The third-order valence-corrected chi connectivity index (χ3v) is 3.09. The molecule has 0 aromatic heterocycles. The van der Waals surface area contributed by atoms with Crippen molar-refractivity contribution in [2.24, 2.45) is 11.3 Å². The first-order chi connectivity index (χ1) is 9.18. The van der Waals surface area contributed by atoms with Crippen LogP contribution in [0.4, 0.5) is 0 Å². The third kappa shape index (κ3) is 12.4. The number of unbranched alkanes of at least 4 members (excludes halogenated alkanes) is 3. The molecule has 4 nitrogen and oxygen atoms in total. The van der Waals surface area contributed by atoms with Crippen LogP contribution in [0.3, 0.4) is 0 Å². The average Bonchev–Trinajstić information content (AvgIpc) is 2.37. The second-order valence-electron chi connectivity index (χ2n) is 6.24. The summed E-state index contributed by atoms with van der Waals surface area (Å²) in [6, 6.07) is 0. The molecule has 0 aromatic rings. The second-order valence-corrected chi connectivity index (χ2v) is 6.24. The fraction of sp³-hybridized carbons (Fsp3) is 0.938. The molecule has 20 heavy (non-hydrogen) atoms. The Bertz CT molecular complexity index is 233. The zero-order valence-electron chi connectivity index (χ0n) is 14.1. The molecule has 0 aliphatic rings. The van der Waals surface area contributed by atoms with Crippen molar-refractivity contribution in [2.75, 3.05) is 13.2 Å². The summed E-state index contributed by atoms with van der Waals surface area (Å²) in [5, 5.41) is 18.1. The van der Waals surface area contributed by atoms with E-state index in [4.69, 9.17) is 9.84 Å². The maximum Gasteiger partial charge on any atom is 0.302 e. The number of esters is 1. The zero-order valence-corrected chi connectivity index (χ0v) is 14.1. The molecule has 2 N–H and O–H groups in total. The number of aliphatic hydroxyl groups is 2. The SMILES string of the molecule is CC(=O)OCC(C)(C)C(O)C(C)C.CCCCCCO. The largest absolute Gasteiger partial charge is 0.465 e. The number of carbonyl (C=O) groups is 1. The van der Waals surface area contributed by atoms with E-state index < -0.39 is 6.10 Å². The molecular formula is C16H34O4. The first-order valence-corrected chi connectivity index (χ1v) is 7.61. The smallest absolute Gasteiger partial charge is 0.302 e. The van der Waals surface area contributed by atoms with Crippen molar-refractivity contribution in [3.63, 3.8) is 0 Å². The lowest BCUT2D eigenvalue weighted by Gasteiger charge is -2.32. The molecule has 0 aromatic carbocycles. The van der Waals surface area contributed by atoms with E-state index in [1.807, 2.05) is 27.7 Å². The van der Waals surface area contributed by atoms with Crippen molar-refractivity contribution in [3.8, 4) is 0 Å². The fourth-order valence-corrected chi connectivity index (χ4v) is 1.81. The van der Waals surface area contributed by atoms with Crippen LogP contribution < -0.4 is 0 Å². The van der Waals surface area contributed by atoms with Gasteiger partial charge in [0.15, 0.2) is 0 Å². The van der Waals surface area contributed by atoms with E-state index in [0.717, 1.165) is 6.42 Å². The first kappa shape index (κ1) is 21.7. The van der Waals surface area contributed by atoms with E-state index in [-0.39, 0.29) is 23.9 Å². The molecule has 0 bridgehead atoms. The first-order valence-electron chi connectivity index (χ1n) is 7.61. The minimum absolute atomic E-state index is 0.172. The Balaban J connectivity index is 0. The Labute approximate surface area is 124 Å². The Morgan fingerprint density at radius 1 is 1.20 bits per heavy atom. The quantitative estimate of drug-likeness (QED) is 0.532. The lowest BCUT2D eigenvalue weighted by molar-refractivity contribution is -0.147. The monoisotopic (exact) mass is 290 g/mol. The molecule has 0 saturated carbocycles. The summed E-state index contributed by atoms with van der Waals surface area (Å²) < 4.78 is 4.88. The van der Waals surface area contributed by atoms with Crippen LogP contribution in [0, 0.1) is 11.3 Å². The summed E-state index contributed by atoms with van der Waals surface area (Å²) in [5.41, 5.74) is -0.375. The lowest BCUT2D eigenvalue weighted by atomic mass is 9.81. The van der Waals surface area contributed by atoms with Gasteiger partial charge in [0, 0.05) is 18.9 Å². The molecule has 0 amide bonds. The molecule has 4 heteroatoms. The van der Waals surface area contributed by atoms with E-state index >= 15 is 0 Å². The molecular weight excluding hydrogens is 256 g/mol. The summed E-state index contributed by atoms with van der Waals surface area (Å²) in [7, 11) is 0. The van der Waals surface area contributed by atoms with Crippen molar-refractivity contribution in [2.45, 2.75) is 73.3 Å². The summed E-state index contributed by atoms with van der Waals surface area (Å²) in [5.74, 6) is -0.130. The van der Waals surface area contributed by atoms with Crippen LogP contribution in [0.25, 0.3) is 0 Å². The summed E-state index contributed by atoms with van der Waals surface area (Å²) in [4.78, 5) is 10.6. The third-order valence-electron chi connectivity index (χ3n) is 3.09. The van der Waals surface area contributed by atoms with Gasteiger partial charge in [-0.15, -0.1) is 0 Å². The average molecular weight is 290 g/mol. The Hall–Kier alpha value is -0.610. The lowest BCUT2D eigenvalue weighted by Crippen LogP contribution is -2.38. The van der Waals surface area contributed by atoms with Crippen LogP contribution in [0.5, 0.6) is 0 Å². The number of rotatable bonds is 8. The van der Waals surface area contributed by atoms with Gasteiger partial charge in [0.1, 0.15) is 0 Å². The maximum absolute atomic E-state index is 10.6. The molecule has 0 heterocycles. The van der Waals surface area contributed by atoms with Crippen LogP contribution in [0.1, 0.15) is 67.2 Å². The van der Waals surface area contributed by atoms with Gasteiger partial charge in [-0.25, -0.2) is 0 Å². The van der Waals surface area contributed by atoms with Crippen molar-refractivity contribution >= 4 is 5.97 Å². The fourth-order valence-electron chi connectivity index (χ4n) is 1.81.